The molecule has 0 heterocycles. The molecule has 2 aromatic rings. The Kier molecular flexibility index (Phi) is 5.51. The average molecular weight is 336 g/mol. The lowest BCUT2D eigenvalue weighted by atomic mass is 9.96. The minimum atomic E-state index is -4.63. The molecule has 0 atom stereocenters. The van der Waals surface area contributed by atoms with Gasteiger partial charge in [0.1, 0.15) is 0 Å². The van der Waals surface area contributed by atoms with Gasteiger partial charge in [-0.25, -0.2) is 0 Å². The van der Waals surface area contributed by atoms with Gasteiger partial charge in [-0.05, 0) is 11.6 Å². The van der Waals surface area contributed by atoms with Gasteiger partial charge in [-0.1, -0.05) is 42.5 Å². The van der Waals surface area contributed by atoms with Gasteiger partial charge in [-0.3, -0.25) is 9.59 Å². The quantitative estimate of drug-likeness (QED) is 0.810. The van der Waals surface area contributed by atoms with Crippen LogP contribution in [0.25, 0.3) is 0 Å². The van der Waals surface area contributed by atoms with Crippen molar-refractivity contribution < 1.29 is 27.9 Å². The van der Waals surface area contributed by atoms with Gasteiger partial charge in [0, 0.05) is 24.0 Å². The van der Waals surface area contributed by atoms with Crippen LogP contribution < -0.4 is 0 Å². The molecule has 0 aromatic heterocycles. The standard InChI is InChI=1S/C18H15F3O3/c19-18(20,21)15-8-4-3-7-14(15)17(24)10-9-16(23)13-6-2-1-5-12(13)11-22/h1-8,22H,9-11H2. The molecule has 0 aliphatic rings. The number of carbonyl (C=O) groups is 2. The number of halogens is 3. The number of hydrogen-bond acceptors (Lipinski definition) is 3. The summed E-state index contributed by atoms with van der Waals surface area (Å²) < 4.78 is 38.8. The molecule has 0 saturated carbocycles. The fourth-order valence-electron chi connectivity index (χ4n) is 2.40. The van der Waals surface area contributed by atoms with Crippen LogP contribution in [-0.4, -0.2) is 16.7 Å². The largest absolute Gasteiger partial charge is 0.417 e. The molecular formula is C18H15F3O3. The molecule has 24 heavy (non-hydrogen) atoms. The number of rotatable bonds is 6. The lowest BCUT2D eigenvalue weighted by molar-refractivity contribution is -0.137. The van der Waals surface area contributed by atoms with Crippen molar-refractivity contribution in [3.8, 4) is 0 Å². The summed E-state index contributed by atoms with van der Waals surface area (Å²) in [6.45, 7) is -0.327. The van der Waals surface area contributed by atoms with E-state index in [9.17, 15) is 27.9 Å². The first-order chi connectivity index (χ1) is 11.3. The van der Waals surface area contributed by atoms with E-state index in [1.165, 1.54) is 18.2 Å². The monoisotopic (exact) mass is 336 g/mol. The number of benzene rings is 2. The van der Waals surface area contributed by atoms with E-state index in [0.717, 1.165) is 12.1 Å². The highest BCUT2D eigenvalue weighted by Crippen LogP contribution is 2.32. The Labute approximate surface area is 136 Å². The minimum Gasteiger partial charge on any atom is -0.392 e. The van der Waals surface area contributed by atoms with Gasteiger partial charge in [-0.2, -0.15) is 13.2 Å². The maximum Gasteiger partial charge on any atom is 0.417 e. The third kappa shape index (κ3) is 4.08. The van der Waals surface area contributed by atoms with Crippen LogP contribution in [0, 0.1) is 0 Å². The Morgan fingerprint density at radius 2 is 1.33 bits per heavy atom. The molecule has 126 valence electrons. The highest BCUT2D eigenvalue weighted by atomic mass is 19.4. The second-order valence-corrected chi connectivity index (χ2v) is 5.20. The smallest absolute Gasteiger partial charge is 0.392 e. The topological polar surface area (TPSA) is 54.4 Å². The van der Waals surface area contributed by atoms with Gasteiger partial charge in [0.15, 0.2) is 11.6 Å². The number of carbonyl (C=O) groups excluding carboxylic acids is 2. The Morgan fingerprint density at radius 3 is 1.92 bits per heavy atom. The lowest BCUT2D eigenvalue weighted by Crippen LogP contribution is -2.14. The summed E-state index contributed by atoms with van der Waals surface area (Å²) in [5, 5.41) is 9.20. The van der Waals surface area contributed by atoms with Crippen LogP contribution >= 0.6 is 0 Å². The van der Waals surface area contributed by atoms with Crippen LogP contribution in [0.3, 0.4) is 0 Å². The van der Waals surface area contributed by atoms with Crippen molar-refractivity contribution >= 4 is 11.6 Å². The van der Waals surface area contributed by atoms with Gasteiger partial charge >= 0.3 is 6.18 Å². The van der Waals surface area contributed by atoms with Crippen LogP contribution in [0.1, 0.15) is 44.7 Å². The SMILES string of the molecule is O=C(CCC(=O)c1ccccc1C(F)(F)F)c1ccccc1CO. The summed E-state index contributed by atoms with van der Waals surface area (Å²) in [6.07, 6.45) is -5.17. The van der Waals surface area contributed by atoms with Crippen molar-refractivity contribution in [1.29, 1.82) is 0 Å². The molecule has 0 aliphatic heterocycles. The number of hydrogen-bond donors (Lipinski definition) is 1. The second-order valence-electron chi connectivity index (χ2n) is 5.20. The fourth-order valence-corrected chi connectivity index (χ4v) is 2.40. The molecule has 1 N–H and O–H groups in total. The van der Waals surface area contributed by atoms with Gasteiger partial charge < -0.3 is 5.11 Å². The summed E-state index contributed by atoms with van der Waals surface area (Å²) in [5.74, 6) is -1.13. The molecule has 0 bridgehead atoms. The predicted octanol–water partition coefficient (Wildman–Crippen LogP) is 4.04. The van der Waals surface area contributed by atoms with E-state index in [4.69, 9.17) is 0 Å². The second kappa shape index (κ2) is 7.40. The van der Waals surface area contributed by atoms with E-state index >= 15 is 0 Å². The molecule has 3 nitrogen and oxygen atoms in total. The van der Waals surface area contributed by atoms with Crippen molar-refractivity contribution in [3.05, 3.63) is 70.8 Å². The van der Waals surface area contributed by atoms with Crippen LogP contribution in [-0.2, 0) is 12.8 Å². The Bertz CT molecular complexity index is 751. The minimum absolute atomic E-state index is 0.220. The maximum absolute atomic E-state index is 12.9. The summed E-state index contributed by atoms with van der Waals surface area (Å²) in [6, 6.07) is 10.9. The van der Waals surface area contributed by atoms with E-state index in [-0.39, 0.29) is 25.0 Å². The van der Waals surface area contributed by atoms with Gasteiger partial charge in [-0.15, -0.1) is 0 Å². The molecular weight excluding hydrogens is 321 g/mol. The molecule has 2 aromatic carbocycles. The Balaban J connectivity index is 2.13. The van der Waals surface area contributed by atoms with Crippen LogP contribution in [0.15, 0.2) is 48.5 Å². The zero-order chi connectivity index (χ0) is 17.7. The maximum atomic E-state index is 12.9. The molecule has 6 heteroatoms. The number of aliphatic hydroxyl groups excluding tert-OH is 1. The molecule has 0 fully saturated rings. The molecule has 0 aliphatic carbocycles. The molecule has 0 radical (unpaired) electrons. The Hall–Kier alpha value is -2.47. The molecule has 2 rings (SSSR count). The van der Waals surface area contributed by atoms with E-state index in [1.807, 2.05) is 0 Å². The van der Waals surface area contributed by atoms with Gasteiger partial charge in [0.2, 0.25) is 0 Å². The summed E-state index contributed by atoms with van der Waals surface area (Å²) >= 11 is 0. The highest BCUT2D eigenvalue weighted by molar-refractivity contribution is 6.03. The van der Waals surface area contributed by atoms with Gasteiger partial charge in [0.25, 0.3) is 0 Å². The van der Waals surface area contributed by atoms with E-state index in [1.54, 1.807) is 18.2 Å². The first-order valence-electron chi connectivity index (χ1n) is 7.26. The summed E-state index contributed by atoms with van der Waals surface area (Å²) in [7, 11) is 0. The zero-order valence-corrected chi connectivity index (χ0v) is 12.6. The number of Topliss-reactive ketones (excluding diaryl/α,β-unsaturated/α-hetero) is 2. The van der Waals surface area contributed by atoms with Gasteiger partial charge in [0.05, 0.1) is 12.2 Å². The third-order valence-electron chi connectivity index (χ3n) is 3.60. The fraction of sp³-hybridized carbons (Fsp3) is 0.222. The van der Waals surface area contributed by atoms with E-state index in [2.05, 4.69) is 0 Å². The first kappa shape index (κ1) is 17.9. The van der Waals surface area contributed by atoms with Crippen LogP contribution in [0.4, 0.5) is 13.2 Å². The molecule has 0 unspecified atom stereocenters. The predicted molar refractivity (Wildman–Crippen MR) is 81.7 cm³/mol. The molecule has 0 amide bonds. The average Bonchev–Trinajstić information content (AvgIpc) is 2.58. The number of aliphatic hydroxyl groups is 1. The van der Waals surface area contributed by atoms with Crippen molar-refractivity contribution in [3.63, 3.8) is 0 Å². The van der Waals surface area contributed by atoms with E-state index in [0.29, 0.717) is 5.56 Å². The Morgan fingerprint density at radius 1 is 0.833 bits per heavy atom. The zero-order valence-electron chi connectivity index (χ0n) is 12.6. The highest BCUT2D eigenvalue weighted by Gasteiger charge is 2.34. The normalized spacial score (nSPS) is 11.3. The first-order valence-corrected chi connectivity index (χ1v) is 7.26. The number of alkyl halides is 3. The van der Waals surface area contributed by atoms with Crippen molar-refractivity contribution in [2.75, 3.05) is 0 Å². The van der Waals surface area contributed by atoms with Crippen LogP contribution in [0.2, 0.25) is 0 Å². The van der Waals surface area contributed by atoms with Crippen molar-refractivity contribution in [2.45, 2.75) is 25.6 Å². The number of ketones is 2. The lowest BCUT2D eigenvalue weighted by Gasteiger charge is -2.11. The summed E-state index contributed by atoms with van der Waals surface area (Å²) in [4.78, 5) is 24.3. The van der Waals surface area contributed by atoms with Crippen molar-refractivity contribution in [1.82, 2.24) is 0 Å². The van der Waals surface area contributed by atoms with Crippen LogP contribution in [0.5, 0.6) is 0 Å². The van der Waals surface area contributed by atoms with E-state index < -0.39 is 28.9 Å². The third-order valence-corrected chi connectivity index (χ3v) is 3.60. The molecule has 0 saturated heterocycles. The summed E-state index contributed by atoms with van der Waals surface area (Å²) in [5.41, 5.74) is -0.742. The molecule has 0 spiro atoms. The van der Waals surface area contributed by atoms with Crippen molar-refractivity contribution in [2.24, 2.45) is 0 Å².